The van der Waals surface area contributed by atoms with Crippen LogP contribution < -0.4 is 5.63 Å². The highest BCUT2D eigenvalue weighted by molar-refractivity contribution is 7.99. The third-order valence-electron chi connectivity index (χ3n) is 5.45. The SMILES string of the molecule is CCC(C)CC1(c2cc(O)c(Sc3ccccc3C(C)C)c(=O)o2)CC1. The standard InChI is InChI=1S/C22H28O3S/c1-5-15(4)13-22(10-11-22)19-12-17(23)20(21(24)25-19)26-18-9-7-6-8-16(18)14(2)3/h6-9,12,14-15,23H,5,10-11,13H2,1-4H3. The second kappa shape index (κ2) is 7.51. The molecule has 0 bridgehead atoms. The largest absolute Gasteiger partial charge is 0.506 e. The summed E-state index contributed by atoms with van der Waals surface area (Å²) < 4.78 is 5.70. The molecule has 0 radical (unpaired) electrons. The maximum absolute atomic E-state index is 12.6. The van der Waals surface area contributed by atoms with E-state index in [2.05, 4.69) is 33.8 Å². The normalized spacial score (nSPS) is 16.7. The lowest BCUT2D eigenvalue weighted by Gasteiger charge is -2.19. The molecule has 4 heteroatoms. The summed E-state index contributed by atoms with van der Waals surface area (Å²) in [6, 6.07) is 9.67. The quantitative estimate of drug-likeness (QED) is 0.639. The summed E-state index contributed by atoms with van der Waals surface area (Å²) in [5, 5.41) is 10.6. The van der Waals surface area contributed by atoms with Gasteiger partial charge in [0, 0.05) is 16.4 Å². The van der Waals surface area contributed by atoms with Gasteiger partial charge in [0.15, 0.2) is 0 Å². The van der Waals surface area contributed by atoms with Crippen molar-refractivity contribution in [2.24, 2.45) is 5.92 Å². The summed E-state index contributed by atoms with van der Waals surface area (Å²) >= 11 is 1.30. The van der Waals surface area contributed by atoms with E-state index in [1.165, 1.54) is 11.8 Å². The molecule has 1 aromatic carbocycles. The average molecular weight is 373 g/mol. The van der Waals surface area contributed by atoms with E-state index < -0.39 is 5.63 Å². The molecule has 1 N–H and O–H groups in total. The van der Waals surface area contributed by atoms with E-state index >= 15 is 0 Å². The molecule has 3 nitrogen and oxygen atoms in total. The van der Waals surface area contributed by atoms with E-state index in [1.807, 2.05) is 18.2 Å². The van der Waals surface area contributed by atoms with Gasteiger partial charge in [0.2, 0.25) is 0 Å². The van der Waals surface area contributed by atoms with Gasteiger partial charge < -0.3 is 9.52 Å². The van der Waals surface area contributed by atoms with Gasteiger partial charge in [-0.05, 0) is 42.7 Å². The first kappa shape index (κ1) is 19.1. The first-order valence-corrected chi connectivity index (χ1v) is 10.3. The monoisotopic (exact) mass is 372 g/mol. The highest BCUT2D eigenvalue weighted by Crippen LogP contribution is 2.53. The van der Waals surface area contributed by atoms with Crippen molar-refractivity contribution in [1.29, 1.82) is 0 Å². The predicted octanol–water partition coefficient (Wildman–Crippen LogP) is 6.09. The van der Waals surface area contributed by atoms with Gasteiger partial charge in [0.1, 0.15) is 16.4 Å². The second-order valence-corrected chi connectivity index (χ2v) is 8.96. The Balaban J connectivity index is 1.91. The molecular weight excluding hydrogens is 344 g/mol. The first-order valence-electron chi connectivity index (χ1n) is 9.50. The Hall–Kier alpha value is -1.68. The maximum atomic E-state index is 12.6. The molecule has 0 saturated heterocycles. The molecule has 1 aliphatic carbocycles. The van der Waals surface area contributed by atoms with Crippen LogP contribution in [0.2, 0.25) is 0 Å². The van der Waals surface area contributed by atoms with E-state index in [0.717, 1.165) is 36.1 Å². The van der Waals surface area contributed by atoms with E-state index in [4.69, 9.17) is 4.42 Å². The third kappa shape index (κ3) is 3.85. The minimum Gasteiger partial charge on any atom is -0.506 e. The van der Waals surface area contributed by atoms with Crippen molar-refractivity contribution in [2.45, 2.75) is 74.5 Å². The van der Waals surface area contributed by atoms with E-state index in [1.54, 1.807) is 6.07 Å². The zero-order valence-corrected chi connectivity index (χ0v) is 16.9. The number of benzene rings is 1. The van der Waals surface area contributed by atoms with E-state index in [0.29, 0.717) is 17.6 Å². The topological polar surface area (TPSA) is 50.4 Å². The molecule has 0 amide bonds. The van der Waals surface area contributed by atoms with Crippen molar-refractivity contribution in [3.63, 3.8) is 0 Å². The molecule has 1 heterocycles. The highest BCUT2D eigenvalue weighted by atomic mass is 32.2. The number of hydrogen-bond donors (Lipinski definition) is 1. The van der Waals surface area contributed by atoms with Crippen molar-refractivity contribution >= 4 is 11.8 Å². The van der Waals surface area contributed by atoms with Crippen LogP contribution in [0.4, 0.5) is 0 Å². The summed E-state index contributed by atoms with van der Waals surface area (Å²) in [5.74, 6) is 1.62. The molecule has 1 aliphatic rings. The fraction of sp³-hybridized carbons (Fsp3) is 0.500. The van der Waals surface area contributed by atoms with Crippen LogP contribution >= 0.6 is 11.8 Å². The molecule has 2 aromatic rings. The van der Waals surface area contributed by atoms with Gasteiger partial charge >= 0.3 is 5.63 Å². The van der Waals surface area contributed by atoms with Gasteiger partial charge in [0.05, 0.1) is 0 Å². The van der Waals surface area contributed by atoms with Crippen LogP contribution in [0, 0.1) is 5.92 Å². The van der Waals surface area contributed by atoms with Gasteiger partial charge in [-0.1, -0.05) is 64.1 Å². The molecule has 26 heavy (non-hydrogen) atoms. The Kier molecular flexibility index (Phi) is 5.52. The van der Waals surface area contributed by atoms with Crippen LogP contribution in [-0.2, 0) is 5.41 Å². The van der Waals surface area contributed by atoms with Crippen LogP contribution in [0.15, 0.2) is 49.3 Å². The average Bonchev–Trinajstić information content (AvgIpc) is 3.38. The Bertz CT molecular complexity index is 834. The maximum Gasteiger partial charge on any atom is 0.353 e. The van der Waals surface area contributed by atoms with Gasteiger partial charge in [-0.2, -0.15) is 0 Å². The van der Waals surface area contributed by atoms with Crippen molar-refractivity contribution < 1.29 is 9.52 Å². The minimum atomic E-state index is -0.431. The molecule has 1 fully saturated rings. The van der Waals surface area contributed by atoms with Crippen molar-refractivity contribution in [3.8, 4) is 5.75 Å². The summed E-state index contributed by atoms with van der Waals surface area (Å²) in [6.07, 6.45) is 4.18. The van der Waals surface area contributed by atoms with Crippen molar-refractivity contribution in [1.82, 2.24) is 0 Å². The van der Waals surface area contributed by atoms with Crippen LogP contribution in [0.3, 0.4) is 0 Å². The first-order chi connectivity index (χ1) is 12.4. The fourth-order valence-electron chi connectivity index (χ4n) is 3.50. The summed E-state index contributed by atoms with van der Waals surface area (Å²) in [5.41, 5.74) is 0.681. The van der Waals surface area contributed by atoms with Gasteiger partial charge in [-0.15, -0.1) is 0 Å². The minimum absolute atomic E-state index is 0.0373. The molecule has 0 aliphatic heterocycles. The summed E-state index contributed by atoms with van der Waals surface area (Å²) in [7, 11) is 0. The zero-order valence-electron chi connectivity index (χ0n) is 16.0. The van der Waals surface area contributed by atoms with Crippen LogP contribution in [-0.4, -0.2) is 5.11 Å². The number of hydrogen-bond acceptors (Lipinski definition) is 4. The number of aromatic hydroxyl groups is 1. The molecule has 1 saturated carbocycles. The number of rotatable bonds is 7. The van der Waals surface area contributed by atoms with Crippen LogP contribution in [0.1, 0.15) is 70.6 Å². The Morgan fingerprint density at radius 1 is 1.23 bits per heavy atom. The molecule has 1 atom stereocenters. The zero-order chi connectivity index (χ0) is 18.9. The van der Waals surface area contributed by atoms with Crippen LogP contribution in [0.5, 0.6) is 5.75 Å². The van der Waals surface area contributed by atoms with Gasteiger partial charge in [-0.3, -0.25) is 0 Å². The van der Waals surface area contributed by atoms with E-state index in [-0.39, 0.29) is 16.1 Å². The molecule has 1 aromatic heterocycles. The van der Waals surface area contributed by atoms with E-state index in [9.17, 15) is 9.90 Å². The fourth-order valence-corrected chi connectivity index (χ4v) is 4.58. The lowest BCUT2D eigenvalue weighted by atomic mass is 9.89. The van der Waals surface area contributed by atoms with Crippen LogP contribution in [0.25, 0.3) is 0 Å². The van der Waals surface area contributed by atoms with Crippen molar-refractivity contribution in [2.75, 3.05) is 0 Å². The third-order valence-corrected chi connectivity index (χ3v) is 6.63. The van der Waals surface area contributed by atoms with Crippen molar-refractivity contribution in [3.05, 3.63) is 52.1 Å². The predicted molar refractivity (Wildman–Crippen MR) is 106 cm³/mol. The lowest BCUT2D eigenvalue weighted by Crippen LogP contribution is -2.15. The summed E-state index contributed by atoms with van der Waals surface area (Å²) in [6.45, 7) is 8.65. The van der Waals surface area contributed by atoms with Gasteiger partial charge in [-0.25, -0.2) is 4.79 Å². The molecule has 1 unspecified atom stereocenters. The Morgan fingerprint density at radius 2 is 1.92 bits per heavy atom. The second-order valence-electron chi connectivity index (χ2n) is 7.90. The lowest BCUT2D eigenvalue weighted by molar-refractivity contribution is 0.339. The molecular formula is C22H28O3S. The molecule has 140 valence electrons. The van der Waals surface area contributed by atoms with Gasteiger partial charge in [0.25, 0.3) is 0 Å². The summed E-state index contributed by atoms with van der Waals surface area (Å²) in [4.78, 5) is 13.9. The molecule has 0 spiro atoms. The Morgan fingerprint density at radius 3 is 2.50 bits per heavy atom. The Labute approximate surface area is 159 Å². The smallest absolute Gasteiger partial charge is 0.353 e. The molecule has 3 rings (SSSR count). The highest BCUT2D eigenvalue weighted by Gasteiger charge is 2.47.